The summed E-state index contributed by atoms with van der Waals surface area (Å²) in [4.78, 5) is 30.0. The second kappa shape index (κ2) is 16.3. The van der Waals surface area contributed by atoms with E-state index in [-0.39, 0.29) is 41.2 Å². The minimum atomic E-state index is -4.31. The van der Waals surface area contributed by atoms with Crippen molar-refractivity contribution in [2.24, 2.45) is 0 Å². The van der Waals surface area contributed by atoms with Gasteiger partial charge in [-0.25, -0.2) is 8.42 Å². The Morgan fingerprint density at radius 3 is 2.09 bits per heavy atom. The molecule has 2 amide bonds. The molecular weight excluding hydrogens is 638 g/mol. The first kappa shape index (κ1) is 35.3. The van der Waals surface area contributed by atoms with Gasteiger partial charge < -0.3 is 19.7 Å². The fourth-order valence-corrected chi connectivity index (χ4v) is 6.56. The average Bonchev–Trinajstić information content (AvgIpc) is 3.09. The van der Waals surface area contributed by atoms with Crippen LogP contribution in [-0.2, 0) is 32.6 Å². The fraction of sp³-hybridized carbons (Fsp3) is 0.278. The van der Waals surface area contributed by atoms with Crippen LogP contribution in [0.3, 0.4) is 0 Å². The van der Waals surface area contributed by atoms with E-state index in [0.29, 0.717) is 17.2 Å². The molecule has 9 nitrogen and oxygen atoms in total. The largest absolute Gasteiger partial charge is 0.497 e. The van der Waals surface area contributed by atoms with E-state index in [0.717, 1.165) is 15.4 Å². The third kappa shape index (κ3) is 9.05. The molecule has 0 unspecified atom stereocenters. The molecule has 0 aliphatic carbocycles. The number of anilines is 1. The number of nitrogens with zero attached hydrogens (tertiary/aromatic N) is 2. The number of carbonyl (C=O) groups is 2. The highest BCUT2D eigenvalue weighted by Crippen LogP contribution is 2.33. The highest BCUT2D eigenvalue weighted by atomic mass is 35.5. The number of nitrogens with one attached hydrogen (secondary N) is 1. The van der Waals surface area contributed by atoms with Gasteiger partial charge in [0.05, 0.1) is 24.8 Å². The number of para-hydroxylation sites is 2. The Morgan fingerprint density at radius 1 is 0.830 bits per heavy atom. The molecule has 47 heavy (non-hydrogen) atoms. The van der Waals surface area contributed by atoms with Crippen LogP contribution >= 0.6 is 11.6 Å². The summed E-state index contributed by atoms with van der Waals surface area (Å²) in [6.07, 6.45) is 0.902. The zero-order valence-corrected chi connectivity index (χ0v) is 28.5. The minimum Gasteiger partial charge on any atom is -0.497 e. The van der Waals surface area contributed by atoms with E-state index in [1.807, 2.05) is 44.2 Å². The molecule has 0 saturated carbocycles. The van der Waals surface area contributed by atoms with E-state index in [4.69, 9.17) is 21.1 Å². The number of ether oxygens (including phenoxy) is 2. The molecule has 0 heterocycles. The van der Waals surface area contributed by atoms with Gasteiger partial charge in [-0.3, -0.25) is 13.9 Å². The second-order valence-electron chi connectivity index (χ2n) is 11.0. The van der Waals surface area contributed by atoms with Crippen LogP contribution in [0.15, 0.2) is 108 Å². The number of carbonyl (C=O) groups excluding carboxylic acids is 2. The van der Waals surface area contributed by atoms with Crippen LogP contribution in [0.25, 0.3) is 0 Å². The lowest BCUT2D eigenvalue weighted by Gasteiger charge is -2.34. The quantitative estimate of drug-likeness (QED) is 0.163. The van der Waals surface area contributed by atoms with Gasteiger partial charge in [-0.15, -0.1) is 0 Å². The standard InChI is InChI=1S/C36H40ClN3O6S/c1-5-26(2)38-36(42)33(23-27-11-7-6-8-12-27)39(24-28-15-17-29(37)18-16-28)35(41)25-40(32-13-9-10-14-34(32)46-4)47(43,44)31-21-19-30(45-3)20-22-31/h6-22,26,33H,5,23-25H2,1-4H3,(H,38,42)/t26-,33-/m1/s1. The molecule has 0 radical (unpaired) electrons. The molecule has 0 aliphatic heterocycles. The lowest BCUT2D eigenvalue weighted by Crippen LogP contribution is -2.54. The molecule has 0 saturated heterocycles. The van der Waals surface area contributed by atoms with E-state index in [1.54, 1.807) is 48.5 Å². The van der Waals surface area contributed by atoms with E-state index in [1.165, 1.54) is 43.4 Å². The Labute approximate surface area is 282 Å². The molecule has 1 N–H and O–H groups in total. The zero-order valence-electron chi connectivity index (χ0n) is 26.9. The molecule has 4 aromatic rings. The van der Waals surface area contributed by atoms with Crippen LogP contribution in [0.5, 0.6) is 11.5 Å². The molecule has 0 aromatic heterocycles. The Morgan fingerprint density at radius 2 is 1.47 bits per heavy atom. The molecule has 0 aliphatic rings. The van der Waals surface area contributed by atoms with E-state index < -0.39 is 28.5 Å². The van der Waals surface area contributed by atoms with Crippen LogP contribution in [0, 0.1) is 0 Å². The molecule has 11 heteroatoms. The Bertz CT molecular complexity index is 1740. The number of hydrogen-bond donors (Lipinski definition) is 1. The van der Waals surface area contributed by atoms with Crippen LogP contribution in [0.4, 0.5) is 5.69 Å². The fourth-order valence-electron chi connectivity index (χ4n) is 5.01. The number of sulfonamides is 1. The number of methoxy groups -OCH3 is 2. The van der Waals surface area contributed by atoms with E-state index in [2.05, 4.69) is 5.32 Å². The maximum Gasteiger partial charge on any atom is 0.264 e. The number of rotatable bonds is 15. The summed E-state index contributed by atoms with van der Waals surface area (Å²) in [5.74, 6) is -0.179. The topological polar surface area (TPSA) is 105 Å². The third-order valence-electron chi connectivity index (χ3n) is 7.82. The Hall–Kier alpha value is -4.54. The van der Waals surface area contributed by atoms with Gasteiger partial charge in [-0.1, -0.05) is 73.1 Å². The third-order valence-corrected chi connectivity index (χ3v) is 9.84. The summed E-state index contributed by atoms with van der Waals surface area (Å²) in [6, 6.07) is 27.8. The molecule has 4 rings (SSSR count). The summed E-state index contributed by atoms with van der Waals surface area (Å²) in [5, 5.41) is 3.56. The molecule has 4 aromatic carbocycles. The van der Waals surface area contributed by atoms with Crippen LogP contribution in [-0.4, -0.2) is 58.0 Å². The van der Waals surface area contributed by atoms with Gasteiger partial charge >= 0.3 is 0 Å². The number of amides is 2. The van der Waals surface area contributed by atoms with Crippen molar-refractivity contribution in [3.05, 3.63) is 119 Å². The lowest BCUT2D eigenvalue weighted by molar-refractivity contribution is -0.140. The van der Waals surface area contributed by atoms with Crippen molar-refractivity contribution in [1.82, 2.24) is 10.2 Å². The van der Waals surface area contributed by atoms with Gasteiger partial charge in [-0.05, 0) is 73.0 Å². The van der Waals surface area contributed by atoms with Crippen LogP contribution < -0.4 is 19.1 Å². The molecule has 0 bridgehead atoms. The number of hydrogen-bond acceptors (Lipinski definition) is 6. The van der Waals surface area contributed by atoms with Gasteiger partial charge in [0.15, 0.2) is 0 Å². The SMILES string of the molecule is CC[C@@H](C)NC(=O)[C@@H](Cc1ccccc1)N(Cc1ccc(Cl)cc1)C(=O)CN(c1ccccc1OC)S(=O)(=O)c1ccc(OC)cc1. The normalized spacial score (nSPS) is 12.4. The van der Waals surface area contributed by atoms with Gasteiger partial charge in [0.2, 0.25) is 11.8 Å². The molecule has 0 spiro atoms. The van der Waals surface area contributed by atoms with Crippen molar-refractivity contribution >= 4 is 39.1 Å². The monoisotopic (exact) mass is 677 g/mol. The maximum atomic E-state index is 14.6. The van der Waals surface area contributed by atoms with Gasteiger partial charge in [0, 0.05) is 24.0 Å². The predicted octanol–water partition coefficient (Wildman–Crippen LogP) is 6.11. The smallest absolute Gasteiger partial charge is 0.264 e. The van der Waals surface area contributed by atoms with E-state index in [9.17, 15) is 18.0 Å². The molecule has 248 valence electrons. The Kier molecular flexibility index (Phi) is 12.3. The summed E-state index contributed by atoms with van der Waals surface area (Å²) in [7, 11) is -1.39. The number of halogens is 1. The average molecular weight is 678 g/mol. The lowest BCUT2D eigenvalue weighted by atomic mass is 10.0. The van der Waals surface area contributed by atoms with Gasteiger partial charge in [0.25, 0.3) is 10.0 Å². The van der Waals surface area contributed by atoms with Crippen molar-refractivity contribution in [3.63, 3.8) is 0 Å². The van der Waals surface area contributed by atoms with Crippen molar-refractivity contribution in [1.29, 1.82) is 0 Å². The highest BCUT2D eigenvalue weighted by molar-refractivity contribution is 7.92. The number of benzene rings is 4. The van der Waals surface area contributed by atoms with Gasteiger partial charge in [0.1, 0.15) is 24.1 Å². The van der Waals surface area contributed by atoms with Crippen LogP contribution in [0.2, 0.25) is 5.02 Å². The minimum absolute atomic E-state index is 0.0315. The summed E-state index contributed by atoms with van der Waals surface area (Å²) < 4.78 is 40.4. The summed E-state index contributed by atoms with van der Waals surface area (Å²) in [6.45, 7) is 3.28. The molecule has 0 fully saturated rings. The Balaban J connectivity index is 1.83. The van der Waals surface area contributed by atoms with Crippen molar-refractivity contribution in [2.75, 3.05) is 25.1 Å². The predicted molar refractivity (Wildman–Crippen MR) is 184 cm³/mol. The van der Waals surface area contributed by atoms with E-state index >= 15 is 0 Å². The summed E-state index contributed by atoms with van der Waals surface area (Å²) in [5.41, 5.74) is 1.74. The molecular formula is C36H40ClN3O6S. The molecule has 2 atom stereocenters. The first-order chi connectivity index (χ1) is 22.6. The van der Waals surface area contributed by atoms with Crippen molar-refractivity contribution < 1.29 is 27.5 Å². The van der Waals surface area contributed by atoms with Crippen molar-refractivity contribution in [3.8, 4) is 11.5 Å². The van der Waals surface area contributed by atoms with Crippen molar-refractivity contribution in [2.45, 2.75) is 50.2 Å². The maximum absolute atomic E-state index is 14.6. The van der Waals surface area contributed by atoms with Crippen LogP contribution in [0.1, 0.15) is 31.4 Å². The second-order valence-corrected chi connectivity index (χ2v) is 13.3. The first-order valence-corrected chi connectivity index (χ1v) is 17.1. The zero-order chi connectivity index (χ0) is 34.0. The highest BCUT2D eigenvalue weighted by Gasteiger charge is 2.35. The van der Waals surface area contributed by atoms with Gasteiger partial charge in [-0.2, -0.15) is 0 Å². The first-order valence-electron chi connectivity index (χ1n) is 15.2. The summed E-state index contributed by atoms with van der Waals surface area (Å²) >= 11 is 6.16.